The van der Waals surface area contributed by atoms with Gasteiger partial charge in [-0.15, -0.1) is 0 Å². The van der Waals surface area contributed by atoms with Gasteiger partial charge in [0.15, 0.2) is 0 Å². The maximum atomic E-state index is 2.52. The summed E-state index contributed by atoms with van der Waals surface area (Å²) in [6, 6.07) is 85.3. The van der Waals surface area contributed by atoms with E-state index in [0.717, 1.165) is 22.7 Å². The standard InChI is InChI=1S/C58H38B2N4/c1-5-19-41(20-6-1)61-49-29-15-13-27-45(49)59-47-35-39-38-56-48(36-40(39)37-55(47)63(43-23-9-3-10-24-43)53-33-17-31-51(61)57(53)59)60-46-28-14-16-30-50(46)62(42-21-7-2-8-22-42)52-32-18-34-54(58(52)60)64(56)44-25-11-4-12-26-44/h1-38H. The highest BCUT2D eigenvalue weighted by molar-refractivity contribution is 7.01. The van der Waals surface area contributed by atoms with Gasteiger partial charge in [-0.2, -0.15) is 0 Å². The highest BCUT2D eigenvalue weighted by atomic mass is 15.2. The van der Waals surface area contributed by atoms with Crippen molar-refractivity contribution < 1.29 is 0 Å². The van der Waals surface area contributed by atoms with Crippen LogP contribution in [0.15, 0.2) is 231 Å². The van der Waals surface area contributed by atoms with E-state index >= 15 is 0 Å². The average Bonchev–Trinajstić information content (AvgIpc) is 3.36. The van der Waals surface area contributed by atoms with Gasteiger partial charge in [0.25, 0.3) is 13.4 Å². The van der Waals surface area contributed by atoms with Crippen LogP contribution in [0.2, 0.25) is 0 Å². The van der Waals surface area contributed by atoms with Crippen LogP contribution in [-0.2, 0) is 0 Å². The highest BCUT2D eigenvalue weighted by Gasteiger charge is 2.45. The molecule has 4 aliphatic rings. The first-order chi connectivity index (χ1) is 31.8. The SMILES string of the molecule is c1ccc(N2c3ccccc3B3c4cc5cc6c(cc5cc4N(c4ccccc4)c4cccc2c43)B2c3ccccc3N(c3ccccc3)c3cccc(c32)N6c2ccccc2)cc1. The Morgan fingerprint density at radius 3 is 0.844 bits per heavy atom. The van der Waals surface area contributed by atoms with Gasteiger partial charge in [-0.05, 0) is 141 Å². The molecule has 0 unspecified atom stereocenters. The van der Waals surface area contributed by atoms with E-state index < -0.39 is 0 Å². The van der Waals surface area contributed by atoms with Crippen LogP contribution < -0.4 is 52.4 Å². The van der Waals surface area contributed by atoms with Gasteiger partial charge in [0.2, 0.25) is 0 Å². The van der Waals surface area contributed by atoms with Crippen molar-refractivity contribution in [1.29, 1.82) is 0 Å². The molecule has 0 spiro atoms. The van der Waals surface area contributed by atoms with Crippen LogP contribution in [0.3, 0.4) is 0 Å². The number of nitrogens with zero attached hydrogens (tertiary/aromatic N) is 4. The minimum atomic E-state index is 0.0282. The molecule has 296 valence electrons. The summed E-state index contributed by atoms with van der Waals surface area (Å²) < 4.78 is 0. The molecule has 10 aromatic rings. The van der Waals surface area contributed by atoms with Crippen LogP contribution in [0.5, 0.6) is 0 Å². The topological polar surface area (TPSA) is 13.0 Å². The van der Waals surface area contributed by atoms with E-state index in [1.165, 1.54) is 89.0 Å². The maximum Gasteiger partial charge on any atom is 0.252 e. The molecular formula is C58H38B2N4. The van der Waals surface area contributed by atoms with Gasteiger partial charge >= 0.3 is 0 Å². The van der Waals surface area contributed by atoms with Crippen LogP contribution in [0.25, 0.3) is 10.8 Å². The Hall–Kier alpha value is -8.21. The predicted molar refractivity (Wildman–Crippen MR) is 272 cm³/mol. The number of hydrogen-bond donors (Lipinski definition) is 0. The van der Waals surface area contributed by atoms with Crippen LogP contribution in [0.4, 0.5) is 68.2 Å². The first kappa shape index (κ1) is 35.4. The number of fused-ring (bicyclic) bond motifs is 9. The zero-order chi connectivity index (χ0) is 41.9. The monoisotopic (exact) mass is 812 g/mol. The fourth-order valence-electron chi connectivity index (χ4n) is 11.4. The van der Waals surface area contributed by atoms with Crippen molar-refractivity contribution in [3.05, 3.63) is 231 Å². The summed E-state index contributed by atoms with van der Waals surface area (Å²) in [6.45, 7) is 0.0564. The fraction of sp³-hybridized carbons (Fsp3) is 0. The summed E-state index contributed by atoms with van der Waals surface area (Å²) in [5.41, 5.74) is 22.2. The highest BCUT2D eigenvalue weighted by Crippen LogP contribution is 2.47. The summed E-state index contributed by atoms with van der Waals surface area (Å²) in [6.07, 6.45) is 0. The summed E-state index contributed by atoms with van der Waals surface area (Å²) >= 11 is 0. The zero-order valence-electron chi connectivity index (χ0n) is 34.9. The molecule has 4 aliphatic heterocycles. The molecule has 0 saturated carbocycles. The lowest BCUT2D eigenvalue weighted by Crippen LogP contribution is -2.61. The van der Waals surface area contributed by atoms with Gasteiger partial charge in [-0.3, -0.25) is 0 Å². The summed E-state index contributed by atoms with van der Waals surface area (Å²) in [5.74, 6) is 0. The quantitative estimate of drug-likeness (QED) is 0.164. The van der Waals surface area contributed by atoms with Crippen molar-refractivity contribution >= 4 is 125 Å². The smallest absolute Gasteiger partial charge is 0.252 e. The fourth-order valence-corrected chi connectivity index (χ4v) is 11.4. The lowest BCUT2D eigenvalue weighted by atomic mass is 9.33. The van der Waals surface area contributed by atoms with E-state index in [1.54, 1.807) is 0 Å². The van der Waals surface area contributed by atoms with Crippen molar-refractivity contribution in [2.24, 2.45) is 0 Å². The molecule has 4 heterocycles. The lowest BCUT2D eigenvalue weighted by molar-refractivity contribution is 1.25. The first-order valence-corrected chi connectivity index (χ1v) is 22.3. The van der Waals surface area contributed by atoms with Crippen LogP contribution in [0.1, 0.15) is 0 Å². The Bertz CT molecular complexity index is 3260. The molecule has 14 rings (SSSR count). The van der Waals surface area contributed by atoms with Crippen molar-refractivity contribution in [3.8, 4) is 0 Å². The van der Waals surface area contributed by atoms with Gasteiger partial charge in [0.1, 0.15) is 0 Å². The van der Waals surface area contributed by atoms with E-state index in [9.17, 15) is 0 Å². The molecule has 4 nitrogen and oxygen atoms in total. The number of benzene rings is 10. The molecule has 0 atom stereocenters. The summed E-state index contributed by atoms with van der Waals surface area (Å²) in [4.78, 5) is 9.94. The Labute approximate surface area is 373 Å². The van der Waals surface area contributed by atoms with E-state index in [-0.39, 0.29) is 13.4 Å². The van der Waals surface area contributed by atoms with E-state index in [1.807, 2.05) is 0 Å². The van der Waals surface area contributed by atoms with E-state index in [4.69, 9.17) is 0 Å². The Balaban J connectivity index is 1.05. The minimum Gasteiger partial charge on any atom is -0.311 e. The van der Waals surface area contributed by atoms with Crippen LogP contribution in [0, 0.1) is 0 Å². The second-order valence-electron chi connectivity index (χ2n) is 17.3. The third-order valence-electron chi connectivity index (χ3n) is 13.9. The van der Waals surface area contributed by atoms with Gasteiger partial charge in [-0.1, -0.05) is 133 Å². The molecule has 0 radical (unpaired) electrons. The number of para-hydroxylation sites is 6. The second kappa shape index (κ2) is 13.6. The van der Waals surface area contributed by atoms with Gasteiger partial charge in [0, 0.05) is 68.2 Å². The molecule has 0 amide bonds. The third-order valence-corrected chi connectivity index (χ3v) is 13.9. The second-order valence-corrected chi connectivity index (χ2v) is 17.3. The molecule has 0 aromatic heterocycles. The van der Waals surface area contributed by atoms with Crippen molar-refractivity contribution in [2.45, 2.75) is 0 Å². The minimum absolute atomic E-state index is 0.0282. The van der Waals surface area contributed by atoms with Crippen LogP contribution >= 0.6 is 0 Å². The van der Waals surface area contributed by atoms with E-state index in [2.05, 4.69) is 250 Å². The summed E-state index contributed by atoms with van der Waals surface area (Å²) in [7, 11) is 0. The first-order valence-electron chi connectivity index (χ1n) is 22.3. The van der Waals surface area contributed by atoms with Crippen molar-refractivity contribution in [3.63, 3.8) is 0 Å². The predicted octanol–water partition coefficient (Wildman–Crippen LogP) is 11.0. The molecule has 10 aromatic carbocycles. The molecule has 0 N–H and O–H groups in total. The molecule has 0 fully saturated rings. The number of anilines is 12. The average molecular weight is 813 g/mol. The largest absolute Gasteiger partial charge is 0.311 e. The van der Waals surface area contributed by atoms with Gasteiger partial charge in [0.05, 0.1) is 0 Å². The normalized spacial score (nSPS) is 13.8. The Morgan fingerprint density at radius 1 is 0.219 bits per heavy atom. The molecule has 0 saturated heterocycles. The molecule has 64 heavy (non-hydrogen) atoms. The Morgan fingerprint density at radius 2 is 0.500 bits per heavy atom. The van der Waals surface area contributed by atoms with Gasteiger partial charge in [-0.25, -0.2) is 0 Å². The molecule has 0 bridgehead atoms. The van der Waals surface area contributed by atoms with Crippen molar-refractivity contribution in [1.82, 2.24) is 0 Å². The lowest BCUT2D eigenvalue weighted by Gasteiger charge is -2.45. The van der Waals surface area contributed by atoms with Crippen molar-refractivity contribution in [2.75, 3.05) is 19.6 Å². The van der Waals surface area contributed by atoms with E-state index in [0.29, 0.717) is 0 Å². The number of hydrogen-bond acceptors (Lipinski definition) is 4. The maximum absolute atomic E-state index is 2.52. The molecule has 6 heteroatoms. The Kier molecular flexibility index (Phi) is 7.55. The molecule has 0 aliphatic carbocycles. The molecular weight excluding hydrogens is 774 g/mol. The number of rotatable bonds is 4. The third kappa shape index (κ3) is 4.96. The summed E-state index contributed by atoms with van der Waals surface area (Å²) in [5, 5.41) is 2.45. The van der Waals surface area contributed by atoms with Gasteiger partial charge < -0.3 is 19.6 Å². The zero-order valence-corrected chi connectivity index (χ0v) is 34.9. The van der Waals surface area contributed by atoms with Crippen LogP contribution in [-0.4, -0.2) is 13.4 Å².